The van der Waals surface area contributed by atoms with Crippen LogP contribution in [-0.2, 0) is 4.74 Å². The minimum absolute atomic E-state index is 0.272. The van der Waals surface area contributed by atoms with Crippen molar-refractivity contribution in [2.75, 3.05) is 13.2 Å². The Hall–Kier alpha value is -0.600. The maximum Gasteiger partial charge on any atom is 0.0645 e. The number of benzene rings is 1. The molecule has 0 saturated heterocycles. The smallest absolute Gasteiger partial charge is 0.0645 e. The lowest BCUT2D eigenvalue weighted by atomic mass is 10.2. The lowest BCUT2D eigenvalue weighted by Gasteiger charge is -2.09. The third kappa shape index (κ3) is 3.75. The molecule has 0 bridgehead atoms. The van der Waals surface area contributed by atoms with Crippen molar-refractivity contribution in [3.63, 3.8) is 0 Å². The molecule has 13 heavy (non-hydrogen) atoms. The van der Waals surface area contributed by atoms with Crippen molar-refractivity contribution in [2.24, 2.45) is 0 Å². The summed E-state index contributed by atoms with van der Waals surface area (Å²) < 4.78 is 5.33. The fourth-order valence-corrected chi connectivity index (χ4v) is 1.51. The molecule has 1 aromatic carbocycles. The first-order valence-corrected chi connectivity index (χ1v) is 5.14. The molecule has 0 aliphatic heterocycles. The zero-order valence-electron chi connectivity index (χ0n) is 7.45. The Bertz CT molecular complexity index is 246. The summed E-state index contributed by atoms with van der Waals surface area (Å²) in [4.78, 5) is 0.272. The molecule has 1 atom stereocenters. The van der Waals surface area contributed by atoms with Gasteiger partial charge in [-0.25, -0.2) is 0 Å². The average Bonchev–Trinajstić information content (AvgIpc) is 2.19. The van der Waals surface area contributed by atoms with Crippen LogP contribution in [0.15, 0.2) is 43.0 Å². The maximum absolute atomic E-state index is 5.33. The Morgan fingerprint density at radius 1 is 1.38 bits per heavy atom. The van der Waals surface area contributed by atoms with E-state index in [1.54, 1.807) is 6.08 Å². The van der Waals surface area contributed by atoms with Crippen LogP contribution < -0.4 is 0 Å². The van der Waals surface area contributed by atoms with E-state index in [1.165, 1.54) is 5.56 Å². The molecule has 70 valence electrons. The van der Waals surface area contributed by atoms with Gasteiger partial charge < -0.3 is 4.74 Å². The fourth-order valence-electron chi connectivity index (χ4n) is 1.01. The van der Waals surface area contributed by atoms with E-state index in [1.807, 2.05) is 18.2 Å². The van der Waals surface area contributed by atoms with E-state index in [0.717, 1.165) is 0 Å². The van der Waals surface area contributed by atoms with Gasteiger partial charge in [0.15, 0.2) is 0 Å². The second kappa shape index (κ2) is 5.95. The van der Waals surface area contributed by atoms with Crippen molar-refractivity contribution in [3.05, 3.63) is 48.6 Å². The van der Waals surface area contributed by atoms with Crippen LogP contribution in [0.1, 0.15) is 10.4 Å². The molecule has 0 aliphatic carbocycles. The predicted molar refractivity (Wildman–Crippen MR) is 59.1 cm³/mol. The lowest BCUT2D eigenvalue weighted by molar-refractivity contribution is 0.165. The fraction of sp³-hybridized carbons (Fsp3) is 0.273. The first-order valence-electron chi connectivity index (χ1n) is 4.22. The maximum atomic E-state index is 5.33. The summed E-state index contributed by atoms with van der Waals surface area (Å²) in [5, 5.41) is 0. The van der Waals surface area contributed by atoms with Crippen molar-refractivity contribution in [1.29, 1.82) is 0 Å². The molecule has 0 spiro atoms. The summed E-state index contributed by atoms with van der Waals surface area (Å²) in [7, 11) is 0. The summed E-state index contributed by atoms with van der Waals surface area (Å²) >= 11 is 3.56. The van der Waals surface area contributed by atoms with Gasteiger partial charge in [0.25, 0.3) is 0 Å². The SMILES string of the molecule is C=CCOCC(Br)c1ccccc1. The molecular weight excluding hydrogens is 228 g/mol. The summed E-state index contributed by atoms with van der Waals surface area (Å²) in [6.45, 7) is 4.87. The van der Waals surface area contributed by atoms with Crippen LogP contribution in [0.25, 0.3) is 0 Å². The summed E-state index contributed by atoms with van der Waals surface area (Å²) in [6.07, 6.45) is 1.75. The number of hydrogen-bond acceptors (Lipinski definition) is 1. The van der Waals surface area contributed by atoms with Gasteiger partial charge in [0, 0.05) is 0 Å². The molecular formula is C11H13BrO. The molecule has 0 aromatic heterocycles. The highest BCUT2D eigenvalue weighted by Gasteiger charge is 2.05. The molecule has 0 saturated carbocycles. The number of halogens is 1. The summed E-state index contributed by atoms with van der Waals surface area (Å²) in [6, 6.07) is 10.2. The van der Waals surface area contributed by atoms with Gasteiger partial charge in [-0.2, -0.15) is 0 Å². The zero-order valence-corrected chi connectivity index (χ0v) is 9.03. The first kappa shape index (κ1) is 10.5. The van der Waals surface area contributed by atoms with E-state index in [4.69, 9.17) is 4.74 Å². The monoisotopic (exact) mass is 240 g/mol. The Morgan fingerprint density at radius 3 is 2.69 bits per heavy atom. The Labute approximate surface area is 87.5 Å². The molecule has 2 heteroatoms. The van der Waals surface area contributed by atoms with Crippen molar-refractivity contribution in [2.45, 2.75) is 4.83 Å². The van der Waals surface area contributed by atoms with E-state index < -0.39 is 0 Å². The van der Waals surface area contributed by atoms with Crippen LogP contribution in [0.4, 0.5) is 0 Å². The van der Waals surface area contributed by atoms with Crippen LogP contribution in [0.5, 0.6) is 0 Å². The van der Waals surface area contributed by atoms with E-state index in [0.29, 0.717) is 13.2 Å². The van der Waals surface area contributed by atoms with Crippen LogP contribution in [0.3, 0.4) is 0 Å². The van der Waals surface area contributed by atoms with E-state index >= 15 is 0 Å². The van der Waals surface area contributed by atoms with E-state index in [9.17, 15) is 0 Å². The van der Waals surface area contributed by atoms with E-state index in [-0.39, 0.29) is 4.83 Å². The molecule has 0 amide bonds. The van der Waals surface area contributed by atoms with Gasteiger partial charge in [-0.05, 0) is 5.56 Å². The molecule has 0 fully saturated rings. The second-order valence-corrected chi connectivity index (χ2v) is 3.81. The molecule has 0 aliphatic rings. The van der Waals surface area contributed by atoms with Gasteiger partial charge in [0.2, 0.25) is 0 Å². The first-order chi connectivity index (χ1) is 6.34. The largest absolute Gasteiger partial charge is 0.376 e. The van der Waals surface area contributed by atoms with Crippen LogP contribution >= 0.6 is 15.9 Å². The molecule has 1 unspecified atom stereocenters. The Kier molecular flexibility index (Phi) is 4.79. The minimum atomic E-state index is 0.272. The highest BCUT2D eigenvalue weighted by atomic mass is 79.9. The van der Waals surface area contributed by atoms with Crippen molar-refractivity contribution in [3.8, 4) is 0 Å². The Morgan fingerprint density at radius 2 is 2.08 bits per heavy atom. The van der Waals surface area contributed by atoms with E-state index in [2.05, 4.69) is 34.6 Å². The molecule has 0 heterocycles. The third-order valence-corrected chi connectivity index (χ3v) is 2.45. The van der Waals surface area contributed by atoms with Gasteiger partial charge in [0.1, 0.15) is 0 Å². The van der Waals surface area contributed by atoms with Gasteiger partial charge in [-0.3, -0.25) is 0 Å². The Balaban J connectivity index is 2.39. The highest BCUT2D eigenvalue weighted by molar-refractivity contribution is 9.09. The van der Waals surface area contributed by atoms with Crippen molar-refractivity contribution < 1.29 is 4.74 Å². The number of ether oxygens (including phenoxy) is 1. The van der Waals surface area contributed by atoms with Gasteiger partial charge in [-0.15, -0.1) is 6.58 Å². The second-order valence-electron chi connectivity index (χ2n) is 2.70. The molecule has 1 aromatic rings. The van der Waals surface area contributed by atoms with Crippen LogP contribution in [-0.4, -0.2) is 13.2 Å². The third-order valence-electron chi connectivity index (χ3n) is 1.66. The molecule has 1 nitrogen and oxygen atoms in total. The minimum Gasteiger partial charge on any atom is -0.376 e. The predicted octanol–water partition coefficient (Wildman–Crippen LogP) is 3.33. The van der Waals surface area contributed by atoms with Gasteiger partial charge in [-0.1, -0.05) is 52.3 Å². The standard InChI is InChI=1S/C11H13BrO/c1-2-8-13-9-11(12)10-6-4-3-5-7-10/h2-7,11H,1,8-9H2. The van der Waals surface area contributed by atoms with Crippen molar-refractivity contribution >= 4 is 15.9 Å². The van der Waals surface area contributed by atoms with Crippen LogP contribution in [0, 0.1) is 0 Å². The summed E-state index contributed by atoms with van der Waals surface area (Å²) in [5.74, 6) is 0. The van der Waals surface area contributed by atoms with Gasteiger partial charge >= 0.3 is 0 Å². The zero-order chi connectivity index (χ0) is 9.52. The quantitative estimate of drug-likeness (QED) is 0.436. The number of hydrogen-bond donors (Lipinski definition) is 0. The molecule has 1 rings (SSSR count). The summed E-state index contributed by atoms with van der Waals surface area (Å²) in [5.41, 5.74) is 1.24. The molecule has 0 N–H and O–H groups in total. The topological polar surface area (TPSA) is 9.23 Å². The normalized spacial score (nSPS) is 12.4. The number of alkyl halides is 1. The van der Waals surface area contributed by atoms with Crippen molar-refractivity contribution in [1.82, 2.24) is 0 Å². The molecule has 0 radical (unpaired) electrons. The number of rotatable bonds is 5. The highest BCUT2D eigenvalue weighted by Crippen LogP contribution is 2.22. The lowest BCUT2D eigenvalue weighted by Crippen LogP contribution is -2.01. The van der Waals surface area contributed by atoms with Gasteiger partial charge in [0.05, 0.1) is 18.0 Å². The average molecular weight is 241 g/mol. The van der Waals surface area contributed by atoms with Crippen LogP contribution in [0.2, 0.25) is 0 Å².